The molecule has 31 heavy (non-hydrogen) atoms. The predicted molar refractivity (Wildman–Crippen MR) is 121 cm³/mol. The Kier molecular flexibility index (Phi) is 11.0. The number of carbonyl (C=O) groups is 2. The number of carboxylic acid groups (broad SMARTS) is 1. The van der Waals surface area contributed by atoms with E-state index >= 15 is 0 Å². The van der Waals surface area contributed by atoms with Gasteiger partial charge in [0.1, 0.15) is 12.0 Å². The van der Waals surface area contributed by atoms with Crippen LogP contribution in [0.3, 0.4) is 0 Å². The summed E-state index contributed by atoms with van der Waals surface area (Å²) in [6, 6.07) is 10.5. The Hall–Kier alpha value is -1.92. The standard InChI is InChI=1S/C17H23NO3.C8H16O2/c1-18-13-7-8-14(18)10-15(9-13)21-17(20)16(11-19)12-5-3-2-4-6-12;1-2-3-4-5-6-7-8(9)10/h2-6,13-16,19H,7-11H2,1H3;2-7H2,1H3,(H,9,10). The van der Waals surface area contributed by atoms with E-state index in [2.05, 4.69) is 18.9 Å². The van der Waals surface area contributed by atoms with Crippen LogP contribution in [0.25, 0.3) is 0 Å². The molecular weight excluding hydrogens is 394 g/mol. The molecule has 3 rings (SSSR count). The van der Waals surface area contributed by atoms with Gasteiger partial charge >= 0.3 is 11.9 Å². The fraction of sp³-hybridized carbons (Fsp3) is 0.680. The average Bonchev–Trinajstić information content (AvgIpc) is 2.96. The zero-order chi connectivity index (χ0) is 22.6. The Labute approximate surface area is 186 Å². The maximum atomic E-state index is 12.4. The molecule has 174 valence electrons. The van der Waals surface area contributed by atoms with E-state index in [1.807, 2.05) is 30.3 Å². The van der Waals surface area contributed by atoms with Crippen molar-refractivity contribution < 1.29 is 24.5 Å². The van der Waals surface area contributed by atoms with Crippen LogP contribution in [0.4, 0.5) is 0 Å². The molecule has 0 radical (unpaired) electrons. The molecule has 0 saturated carbocycles. The number of benzene rings is 1. The van der Waals surface area contributed by atoms with E-state index in [-0.39, 0.29) is 18.7 Å². The van der Waals surface area contributed by atoms with E-state index < -0.39 is 11.9 Å². The molecule has 2 saturated heterocycles. The summed E-state index contributed by atoms with van der Waals surface area (Å²) in [6.07, 6.45) is 10.1. The van der Waals surface area contributed by atoms with Crippen LogP contribution >= 0.6 is 0 Å². The molecule has 2 fully saturated rings. The molecule has 1 aromatic rings. The molecule has 0 spiro atoms. The summed E-state index contributed by atoms with van der Waals surface area (Å²) in [4.78, 5) is 24.8. The van der Waals surface area contributed by atoms with Crippen LogP contribution in [0.1, 0.15) is 82.6 Å². The second kappa shape index (κ2) is 13.5. The molecule has 2 heterocycles. The Morgan fingerprint density at radius 1 is 1.06 bits per heavy atom. The third-order valence-corrected chi connectivity index (χ3v) is 6.50. The van der Waals surface area contributed by atoms with Crippen molar-refractivity contribution in [2.75, 3.05) is 13.7 Å². The minimum Gasteiger partial charge on any atom is -0.481 e. The summed E-state index contributed by atoms with van der Waals surface area (Å²) < 4.78 is 5.70. The molecule has 6 heteroatoms. The third kappa shape index (κ3) is 8.26. The number of rotatable bonds is 10. The second-order valence-electron chi connectivity index (χ2n) is 8.78. The Morgan fingerprint density at radius 2 is 1.68 bits per heavy atom. The van der Waals surface area contributed by atoms with Gasteiger partial charge in [0, 0.05) is 18.5 Å². The van der Waals surface area contributed by atoms with Gasteiger partial charge < -0.3 is 19.8 Å². The molecule has 2 N–H and O–H groups in total. The summed E-state index contributed by atoms with van der Waals surface area (Å²) in [6.45, 7) is 1.94. The molecule has 0 aromatic heterocycles. The first-order valence-electron chi connectivity index (χ1n) is 11.8. The van der Waals surface area contributed by atoms with Gasteiger partial charge in [0.2, 0.25) is 0 Å². The molecule has 3 unspecified atom stereocenters. The highest BCUT2D eigenvalue weighted by atomic mass is 16.5. The van der Waals surface area contributed by atoms with Gasteiger partial charge in [-0.25, -0.2) is 0 Å². The summed E-state index contributed by atoms with van der Waals surface area (Å²) in [5, 5.41) is 17.8. The van der Waals surface area contributed by atoms with Crippen molar-refractivity contribution in [2.24, 2.45) is 0 Å². The first kappa shape index (κ1) is 25.3. The Balaban J connectivity index is 0.000000291. The van der Waals surface area contributed by atoms with Crippen molar-refractivity contribution in [1.29, 1.82) is 0 Å². The second-order valence-corrected chi connectivity index (χ2v) is 8.78. The number of aliphatic hydroxyl groups excluding tert-OH is 1. The van der Waals surface area contributed by atoms with Crippen molar-refractivity contribution >= 4 is 11.9 Å². The number of aliphatic hydroxyl groups is 1. The van der Waals surface area contributed by atoms with Crippen LogP contribution in [0.5, 0.6) is 0 Å². The summed E-state index contributed by atoms with van der Waals surface area (Å²) >= 11 is 0. The van der Waals surface area contributed by atoms with Crippen LogP contribution < -0.4 is 0 Å². The maximum Gasteiger partial charge on any atom is 0.316 e. The van der Waals surface area contributed by atoms with Gasteiger partial charge in [-0.05, 0) is 44.7 Å². The number of hydrogen-bond donors (Lipinski definition) is 2. The number of piperidine rings is 1. The normalized spacial score (nSPS) is 23.5. The van der Waals surface area contributed by atoms with Crippen molar-refractivity contribution in [3.05, 3.63) is 35.9 Å². The third-order valence-electron chi connectivity index (χ3n) is 6.50. The molecule has 3 atom stereocenters. The van der Waals surface area contributed by atoms with Gasteiger partial charge in [-0.3, -0.25) is 9.59 Å². The number of nitrogens with zero attached hydrogens (tertiary/aromatic N) is 1. The fourth-order valence-corrected chi connectivity index (χ4v) is 4.59. The fourth-order valence-electron chi connectivity index (χ4n) is 4.59. The molecule has 2 bridgehead atoms. The van der Waals surface area contributed by atoms with Crippen LogP contribution in [0, 0.1) is 0 Å². The highest BCUT2D eigenvalue weighted by molar-refractivity contribution is 5.78. The highest BCUT2D eigenvalue weighted by Gasteiger charge is 2.40. The number of carboxylic acids is 1. The average molecular weight is 434 g/mol. The predicted octanol–water partition coefficient (Wildman–Crippen LogP) is 4.36. The monoisotopic (exact) mass is 433 g/mol. The lowest BCUT2D eigenvalue weighted by atomic mass is 9.98. The highest BCUT2D eigenvalue weighted by Crippen LogP contribution is 2.36. The number of aliphatic carboxylic acids is 1. The van der Waals surface area contributed by atoms with Crippen molar-refractivity contribution in [2.45, 2.75) is 95.2 Å². The smallest absolute Gasteiger partial charge is 0.316 e. The molecule has 6 nitrogen and oxygen atoms in total. The molecule has 0 aliphatic carbocycles. The largest absolute Gasteiger partial charge is 0.481 e. The number of unbranched alkanes of at least 4 members (excludes halogenated alkanes) is 4. The van der Waals surface area contributed by atoms with Crippen LogP contribution in [0.15, 0.2) is 30.3 Å². The van der Waals surface area contributed by atoms with Gasteiger partial charge in [-0.1, -0.05) is 62.9 Å². The SMILES string of the molecule is CCCCCCCC(=O)O.CN1C2CCC1CC(OC(=O)C(CO)c1ccccc1)C2. The van der Waals surface area contributed by atoms with E-state index in [9.17, 15) is 14.7 Å². The lowest BCUT2D eigenvalue weighted by molar-refractivity contribution is -0.155. The number of hydrogen-bond acceptors (Lipinski definition) is 5. The van der Waals surface area contributed by atoms with E-state index in [1.165, 1.54) is 32.1 Å². The minimum atomic E-state index is -0.670. The molecule has 2 aliphatic heterocycles. The van der Waals surface area contributed by atoms with Gasteiger partial charge in [-0.2, -0.15) is 0 Å². The lowest BCUT2D eigenvalue weighted by Gasteiger charge is -2.36. The van der Waals surface area contributed by atoms with Gasteiger partial charge in [0.05, 0.1) is 6.61 Å². The first-order chi connectivity index (χ1) is 15.0. The molecule has 0 amide bonds. The first-order valence-corrected chi connectivity index (χ1v) is 11.8. The lowest BCUT2D eigenvalue weighted by Crippen LogP contribution is -2.43. The Morgan fingerprint density at radius 3 is 2.23 bits per heavy atom. The minimum absolute atomic E-state index is 0.00367. The van der Waals surface area contributed by atoms with Crippen LogP contribution in [-0.4, -0.2) is 58.9 Å². The summed E-state index contributed by atoms with van der Waals surface area (Å²) in [5.74, 6) is -1.53. The number of fused-ring (bicyclic) bond motifs is 2. The van der Waals surface area contributed by atoms with E-state index in [1.54, 1.807) is 0 Å². The molecule has 2 aliphatic rings. The van der Waals surface area contributed by atoms with Crippen LogP contribution in [0.2, 0.25) is 0 Å². The Bertz CT molecular complexity index is 651. The van der Waals surface area contributed by atoms with Gasteiger partial charge in [0.15, 0.2) is 0 Å². The zero-order valence-electron chi connectivity index (χ0n) is 19.0. The van der Waals surface area contributed by atoms with Crippen molar-refractivity contribution in [3.8, 4) is 0 Å². The van der Waals surface area contributed by atoms with Gasteiger partial charge in [0.25, 0.3) is 0 Å². The maximum absolute atomic E-state index is 12.4. The molecular formula is C25H39NO5. The molecule has 1 aromatic carbocycles. The van der Waals surface area contributed by atoms with Gasteiger partial charge in [-0.15, -0.1) is 0 Å². The number of esters is 1. The van der Waals surface area contributed by atoms with E-state index in [0.717, 1.165) is 31.2 Å². The number of ether oxygens (including phenoxy) is 1. The summed E-state index contributed by atoms with van der Waals surface area (Å²) in [5.41, 5.74) is 0.820. The summed E-state index contributed by atoms with van der Waals surface area (Å²) in [7, 11) is 2.17. The number of carbonyl (C=O) groups excluding carboxylic acids is 1. The topological polar surface area (TPSA) is 87.1 Å². The van der Waals surface area contributed by atoms with Crippen molar-refractivity contribution in [1.82, 2.24) is 4.90 Å². The van der Waals surface area contributed by atoms with E-state index in [4.69, 9.17) is 9.84 Å². The van der Waals surface area contributed by atoms with Crippen LogP contribution in [-0.2, 0) is 14.3 Å². The quantitative estimate of drug-likeness (QED) is 0.421. The zero-order valence-corrected chi connectivity index (χ0v) is 19.0. The van der Waals surface area contributed by atoms with Crippen molar-refractivity contribution in [3.63, 3.8) is 0 Å². The van der Waals surface area contributed by atoms with E-state index in [0.29, 0.717) is 18.5 Å².